The number of rotatable bonds is 7. The summed E-state index contributed by atoms with van der Waals surface area (Å²) in [6, 6.07) is 21.9. The van der Waals surface area contributed by atoms with Gasteiger partial charge in [-0.15, -0.1) is 0 Å². The quantitative estimate of drug-likeness (QED) is 0.359. The molecule has 0 saturated carbocycles. The number of aryl methyl sites for hydroxylation is 1. The van der Waals surface area contributed by atoms with E-state index in [0.717, 1.165) is 22.3 Å². The van der Waals surface area contributed by atoms with Gasteiger partial charge in [-0.3, -0.25) is 0 Å². The van der Waals surface area contributed by atoms with Crippen LogP contribution in [0.2, 0.25) is 0 Å². The zero-order chi connectivity index (χ0) is 20.6. The van der Waals surface area contributed by atoms with Gasteiger partial charge in [0.2, 0.25) is 0 Å². The number of allylic oxidation sites excluding steroid dienone is 1. The summed E-state index contributed by atoms with van der Waals surface area (Å²) in [5, 5.41) is 9.57. The Bertz CT molecular complexity index is 1050. The standard InChI is InChI=1S/C25H22FNO2/c1-3-28-25-15-19(13-22(16-27)21-10-7-18(2)8-11-21)9-12-24(25)29-17-20-5-4-6-23(26)14-20/h4-15H,3,17H2,1-2H3/b22-13+. The summed E-state index contributed by atoms with van der Waals surface area (Å²) in [6.45, 7) is 4.62. The first-order valence-corrected chi connectivity index (χ1v) is 9.42. The molecule has 3 aromatic rings. The fourth-order valence-electron chi connectivity index (χ4n) is 2.87. The van der Waals surface area contributed by atoms with Crippen molar-refractivity contribution in [3.63, 3.8) is 0 Å². The highest BCUT2D eigenvalue weighted by Gasteiger charge is 2.08. The van der Waals surface area contributed by atoms with Gasteiger partial charge in [-0.25, -0.2) is 4.39 Å². The highest BCUT2D eigenvalue weighted by molar-refractivity contribution is 5.89. The van der Waals surface area contributed by atoms with Crippen molar-refractivity contribution in [2.45, 2.75) is 20.5 Å². The van der Waals surface area contributed by atoms with Gasteiger partial charge in [0.15, 0.2) is 11.5 Å². The third kappa shape index (κ3) is 5.46. The van der Waals surface area contributed by atoms with Crippen LogP contribution in [-0.4, -0.2) is 6.61 Å². The van der Waals surface area contributed by atoms with Crippen molar-refractivity contribution in [2.75, 3.05) is 6.61 Å². The molecule has 0 fully saturated rings. The molecule has 0 bridgehead atoms. The first-order valence-electron chi connectivity index (χ1n) is 9.42. The van der Waals surface area contributed by atoms with Crippen molar-refractivity contribution in [3.05, 3.63) is 94.8 Å². The van der Waals surface area contributed by atoms with Crippen molar-refractivity contribution in [3.8, 4) is 17.6 Å². The van der Waals surface area contributed by atoms with Crippen molar-refractivity contribution >= 4 is 11.6 Å². The fraction of sp³-hybridized carbons (Fsp3) is 0.160. The zero-order valence-corrected chi connectivity index (χ0v) is 16.5. The second-order valence-electron chi connectivity index (χ2n) is 6.59. The molecule has 0 aliphatic heterocycles. The molecule has 0 aliphatic carbocycles. The minimum atomic E-state index is -0.295. The second kappa shape index (κ2) is 9.57. The van der Waals surface area contributed by atoms with Crippen molar-refractivity contribution in [2.24, 2.45) is 0 Å². The minimum absolute atomic E-state index is 0.236. The predicted molar refractivity (Wildman–Crippen MR) is 113 cm³/mol. The van der Waals surface area contributed by atoms with Gasteiger partial charge >= 0.3 is 0 Å². The Balaban J connectivity index is 1.84. The Morgan fingerprint density at radius 2 is 1.79 bits per heavy atom. The molecular weight excluding hydrogens is 365 g/mol. The van der Waals surface area contributed by atoms with Crippen molar-refractivity contribution in [1.29, 1.82) is 5.26 Å². The molecule has 4 heteroatoms. The van der Waals surface area contributed by atoms with Crippen LogP contribution in [0.4, 0.5) is 4.39 Å². The molecule has 0 aliphatic rings. The average molecular weight is 387 g/mol. The van der Waals surface area contributed by atoms with Gasteiger partial charge in [-0.05, 0) is 60.9 Å². The van der Waals surface area contributed by atoms with E-state index in [1.165, 1.54) is 12.1 Å². The maximum atomic E-state index is 13.3. The van der Waals surface area contributed by atoms with Crippen LogP contribution >= 0.6 is 0 Å². The van der Waals surface area contributed by atoms with E-state index < -0.39 is 0 Å². The van der Waals surface area contributed by atoms with Crippen LogP contribution in [0.3, 0.4) is 0 Å². The third-order valence-electron chi connectivity index (χ3n) is 4.35. The molecule has 0 amide bonds. The number of halogens is 1. The van der Waals surface area contributed by atoms with E-state index >= 15 is 0 Å². The largest absolute Gasteiger partial charge is 0.490 e. The molecule has 0 heterocycles. The second-order valence-corrected chi connectivity index (χ2v) is 6.59. The van der Waals surface area contributed by atoms with Gasteiger partial charge in [0, 0.05) is 0 Å². The predicted octanol–water partition coefficient (Wildman–Crippen LogP) is 6.18. The molecule has 29 heavy (non-hydrogen) atoms. The van der Waals surface area contributed by atoms with E-state index in [1.54, 1.807) is 18.2 Å². The molecule has 0 atom stereocenters. The lowest BCUT2D eigenvalue weighted by Gasteiger charge is -2.13. The molecule has 0 spiro atoms. The van der Waals surface area contributed by atoms with Gasteiger partial charge in [-0.1, -0.05) is 48.0 Å². The maximum absolute atomic E-state index is 13.3. The lowest BCUT2D eigenvalue weighted by atomic mass is 10.0. The molecule has 146 valence electrons. The Hall–Kier alpha value is -3.58. The van der Waals surface area contributed by atoms with Crippen LogP contribution < -0.4 is 9.47 Å². The highest BCUT2D eigenvalue weighted by atomic mass is 19.1. The summed E-state index contributed by atoms with van der Waals surface area (Å²) >= 11 is 0. The van der Waals surface area contributed by atoms with E-state index in [9.17, 15) is 9.65 Å². The number of nitriles is 1. The zero-order valence-electron chi connectivity index (χ0n) is 16.5. The first kappa shape index (κ1) is 20.2. The third-order valence-corrected chi connectivity index (χ3v) is 4.35. The summed E-state index contributed by atoms with van der Waals surface area (Å²) in [6.07, 6.45) is 1.82. The number of nitrogens with zero attached hydrogens (tertiary/aromatic N) is 1. The average Bonchev–Trinajstić information content (AvgIpc) is 2.72. The van der Waals surface area contributed by atoms with E-state index in [0.29, 0.717) is 23.7 Å². The van der Waals surface area contributed by atoms with E-state index in [2.05, 4.69) is 6.07 Å². The lowest BCUT2D eigenvalue weighted by molar-refractivity contribution is 0.269. The van der Waals surface area contributed by atoms with E-state index in [4.69, 9.17) is 9.47 Å². The van der Waals surface area contributed by atoms with Gasteiger partial charge in [0.1, 0.15) is 12.4 Å². The molecule has 0 radical (unpaired) electrons. The van der Waals surface area contributed by atoms with Gasteiger partial charge in [0.25, 0.3) is 0 Å². The molecule has 0 saturated heterocycles. The SMILES string of the molecule is CCOc1cc(/C=C(\C#N)c2ccc(C)cc2)ccc1OCc1cccc(F)c1. The van der Waals surface area contributed by atoms with Crippen LogP contribution in [0, 0.1) is 24.1 Å². The molecular formula is C25H22FNO2. The highest BCUT2D eigenvalue weighted by Crippen LogP contribution is 2.31. The van der Waals surface area contributed by atoms with Crippen LogP contribution in [0.5, 0.6) is 11.5 Å². The number of ether oxygens (including phenoxy) is 2. The van der Waals surface area contributed by atoms with Crippen LogP contribution in [0.1, 0.15) is 29.2 Å². The molecule has 0 aromatic heterocycles. The Morgan fingerprint density at radius 3 is 2.48 bits per heavy atom. The summed E-state index contributed by atoms with van der Waals surface area (Å²) < 4.78 is 24.9. The van der Waals surface area contributed by atoms with Gasteiger partial charge < -0.3 is 9.47 Å². The van der Waals surface area contributed by atoms with Gasteiger partial charge in [-0.2, -0.15) is 5.26 Å². The molecule has 3 rings (SSSR count). The summed E-state index contributed by atoms with van der Waals surface area (Å²) in [5.41, 5.74) is 4.15. The number of hydrogen-bond acceptors (Lipinski definition) is 3. The number of benzene rings is 3. The molecule has 3 nitrogen and oxygen atoms in total. The smallest absolute Gasteiger partial charge is 0.161 e. The summed E-state index contributed by atoms with van der Waals surface area (Å²) in [5.74, 6) is 0.859. The normalized spacial score (nSPS) is 11.0. The Kier molecular flexibility index (Phi) is 6.65. The number of hydrogen-bond donors (Lipinski definition) is 0. The van der Waals surface area contributed by atoms with Crippen LogP contribution in [-0.2, 0) is 6.61 Å². The maximum Gasteiger partial charge on any atom is 0.161 e. The summed E-state index contributed by atoms with van der Waals surface area (Å²) in [4.78, 5) is 0. The van der Waals surface area contributed by atoms with Crippen LogP contribution in [0.15, 0.2) is 66.7 Å². The topological polar surface area (TPSA) is 42.2 Å². The monoisotopic (exact) mass is 387 g/mol. The van der Waals surface area contributed by atoms with E-state index in [1.807, 2.05) is 56.3 Å². The van der Waals surface area contributed by atoms with Crippen molar-refractivity contribution in [1.82, 2.24) is 0 Å². The van der Waals surface area contributed by atoms with Crippen LogP contribution in [0.25, 0.3) is 11.6 Å². The summed E-state index contributed by atoms with van der Waals surface area (Å²) in [7, 11) is 0. The Morgan fingerprint density at radius 1 is 1.00 bits per heavy atom. The minimum Gasteiger partial charge on any atom is -0.490 e. The lowest BCUT2D eigenvalue weighted by Crippen LogP contribution is -2.00. The van der Waals surface area contributed by atoms with E-state index in [-0.39, 0.29) is 12.4 Å². The van der Waals surface area contributed by atoms with Gasteiger partial charge in [0.05, 0.1) is 18.2 Å². The first-order chi connectivity index (χ1) is 14.1. The fourth-order valence-corrected chi connectivity index (χ4v) is 2.87. The molecule has 3 aromatic carbocycles. The molecule has 0 N–H and O–H groups in total. The molecule has 0 unspecified atom stereocenters. The Labute approximate surface area is 170 Å². The van der Waals surface area contributed by atoms with Crippen molar-refractivity contribution < 1.29 is 13.9 Å².